The van der Waals surface area contributed by atoms with E-state index in [1.807, 2.05) is 23.6 Å². The van der Waals surface area contributed by atoms with E-state index in [-0.39, 0.29) is 11.4 Å². The minimum Gasteiger partial charge on any atom is -0.496 e. The molecule has 0 saturated heterocycles. The van der Waals surface area contributed by atoms with E-state index in [1.54, 1.807) is 37.5 Å². The summed E-state index contributed by atoms with van der Waals surface area (Å²) in [6.45, 7) is 0. The first-order valence-electron chi connectivity index (χ1n) is 5.59. The molecule has 0 atom stereocenters. The van der Waals surface area contributed by atoms with Crippen LogP contribution in [0, 0.1) is 11.3 Å². The summed E-state index contributed by atoms with van der Waals surface area (Å²) in [7, 11) is 1.56. The molecule has 1 aromatic heterocycles. The number of nitriles is 1. The van der Waals surface area contributed by atoms with Gasteiger partial charge in [0.25, 0.3) is 0 Å². The number of allylic oxidation sites excluding steroid dienone is 1. The van der Waals surface area contributed by atoms with Gasteiger partial charge in [0, 0.05) is 5.56 Å². The summed E-state index contributed by atoms with van der Waals surface area (Å²) in [5.41, 5.74) is 0.818. The number of thiophene rings is 1. The predicted molar refractivity (Wildman–Crippen MR) is 75.2 cm³/mol. The van der Waals surface area contributed by atoms with Crippen molar-refractivity contribution < 1.29 is 9.53 Å². The molecule has 0 spiro atoms. The summed E-state index contributed by atoms with van der Waals surface area (Å²) in [5, 5.41) is 11.0. The van der Waals surface area contributed by atoms with Gasteiger partial charge in [-0.1, -0.05) is 24.3 Å². The molecular weight excluding hydrogens is 258 g/mol. The predicted octanol–water partition coefficient (Wildman–Crippen LogP) is 3.55. The monoisotopic (exact) mass is 269 g/mol. The van der Waals surface area contributed by atoms with Gasteiger partial charge in [-0.2, -0.15) is 5.26 Å². The van der Waals surface area contributed by atoms with E-state index >= 15 is 0 Å². The van der Waals surface area contributed by atoms with Crippen molar-refractivity contribution in [2.45, 2.75) is 0 Å². The molecule has 0 N–H and O–H groups in total. The largest absolute Gasteiger partial charge is 0.496 e. The highest BCUT2D eigenvalue weighted by Crippen LogP contribution is 2.22. The quantitative estimate of drug-likeness (QED) is 0.484. The van der Waals surface area contributed by atoms with Crippen molar-refractivity contribution >= 4 is 23.2 Å². The Morgan fingerprint density at radius 2 is 2.11 bits per heavy atom. The van der Waals surface area contributed by atoms with Gasteiger partial charge in [-0.25, -0.2) is 0 Å². The lowest BCUT2D eigenvalue weighted by molar-refractivity contribution is 0.104. The molecule has 1 aromatic carbocycles. The Kier molecular flexibility index (Phi) is 4.11. The molecule has 3 nitrogen and oxygen atoms in total. The van der Waals surface area contributed by atoms with E-state index in [2.05, 4.69) is 0 Å². The van der Waals surface area contributed by atoms with Gasteiger partial charge in [-0.05, 0) is 23.6 Å². The van der Waals surface area contributed by atoms with E-state index in [9.17, 15) is 4.79 Å². The minimum absolute atomic E-state index is 0.104. The maximum absolute atomic E-state index is 12.1. The summed E-state index contributed by atoms with van der Waals surface area (Å²) < 4.78 is 5.20. The maximum atomic E-state index is 12.1. The number of nitrogens with zero attached hydrogens (tertiary/aromatic N) is 1. The van der Waals surface area contributed by atoms with Crippen molar-refractivity contribution in [3.8, 4) is 11.8 Å². The number of para-hydroxylation sites is 1. The summed E-state index contributed by atoms with van der Waals surface area (Å²) in [6, 6.07) is 12.7. The molecule has 2 rings (SSSR count). The number of methoxy groups -OCH3 is 1. The maximum Gasteiger partial charge on any atom is 0.213 e. The number of rotatable bonds is 4. The molecule has 0 unspecified atom stereocenters. The van der Waals surface area contributed by atoms with Gasteiger partial charge in [-0.15, -0.1) is 11.3 Å². The zero-order valence-corrected chi connectivity index (χ0v) is 11.1. The standard InChI is InChI=1S/C15H11NO2S/c1-18-13-6-3-2-5-11(13)9-12(10-16)15(17)14-7-4-8-19-14/h2-9H,1H3/b12-9+. The number of Topliss-reactive ketones (excluding diaryl/α,β-unsaturated/α-hetero) is 1. The number of carbonyl (C=O) groups excluding carboxylic acids is 1. The van der Waals surface area contributed by atoms with Crippen LogP contribution in [0.1, 0.15) is 15.2 Å². The van der Waals surface area contributed by atoms with Gasteiger partial charge in [0.05, 0.1) is 12.0 Å². The molecular formula is C15H11NO2S. The van der Waals surface area contributed by atoms with Crippen LogP contribution in [-0.2, 0) is 0 Å². The van der Waals surface area contributed by atoms with E-state index < -0.39 is 0 Å². The summed E-state index contributed by atoms with van der Waals surface area (Å²) in [5.74, 6) is 0.373. The Labute approximate surface area is 115 Å². The fourth-order valence-corrected chi connectivity index (χ4v) is 2.31. The van der Waals surface area contributed by atoms with Gasteiger partial charge in [-0.3, -0.25) is 4.79 Å². The molecule has 0 saturated carbocycles. The smallest absolute Gasteiger partial charge is 0.213 e. The second kappa shape index (κ2) is 5.98. The van der Waals surface area contributed by atoms with Crippen LogP contribution >= 0.6 is 11.3 Å². The SMILES string of the molecule is COc1ccccc1/C=C(\C#N)C(=O)c1cccs1. The van der Waals surface area contributed by atoms with Crippen LogP contribution in [0.5, 0.6) is 5.75 Å². The molecule has 0 aliphatic carbocycles. The number of hydrogen-bond acceptors (Lipinski definition) is 4. The molecule has 94 valence electrons. The third-order valence-corrected chi connectivity index (χ3v) is 3.42. The number of carbonyl (C=O) groups is 1. The first-order chi connectivity index (χ1) is 9.26. The van der Waals surface area contributed by atoms with Crippen molar-refractivity contribution in [3.05, 3.63) is 57.8 Å². The second-order valence-corrected chi connectivity index (χ2v) is 4.67. The van der Waals surface area contributed by atoms with Crippen LogP contribution in [-0.4, -0.2) is 12.9 Å². The average Bonchev–Trinajstić information content (AvgIpc) is 2.98. The molecule has 1 heterocycles. The molecule has 4 heteroatoms. The van der Waals surface area contributed by atoms with Gasteiger partial charge in [0.1, 0.15) is 17.4 Å². The lowest BCUT2D eigenvalue weighted by atomic mass is 10.1. The highest BCUT2D eigenvalue weighted by atomic mass is 32.1. The molecule has 0 aliphatic heterocycles. The zero-order chi connectivity index (χ0) is 13.7. The lowest BCUT2D eigenvalue weighted by Gasteiger charge is -2.04. The minimum atomic E-state index is -0.261. The van der Waals surface area contributed by atoms with Crippen LogP contribution in [0.25, 0.3) is 6.08 Å². The molecule has 0 radical (unpaired) electrons. The van der Waals surface area contributed by atoms with E-state index in [1.165, 1.54) is 11.3 Å². The molecule has 19 heavy (non-hydrogen) atoms. The van der Waals surface area contributed by atoms with Crippen LogP contribution < -0.4 is 4.74 Å². The normalized spacial score (nSPS) is 10.8. The third-order valence-electron chi connectivity index (χ3n) is 2.55. The van der Waals surface area contributed by atoms with Crippen molar-refractivity contribution in [2.24, 2.45) is 0 Å². The topological polar surface area (TPSA) is 50.1 Å². The molecule has 0 bridgehead atoms. The molecule has 2 aromatic rings. The first-order valence-corrected chi connectivity index (χ1v) is 6.47. The van der Waals surface area contributed by atoms with Gasteiger partial charge < -0.3 is 4.74 Å². The Morgan fingerprint density at radius 3 is 2.74 bits per heavy atom. The Morgan fingerprint density at radius 1 is 1.32 bits per heavy atom. The zero-order valence-electron chi connectivity index (χ0n) is 10.3. The molecule has 0 amide bonds. The number of ether oxygens (including phenoxy) is 1. The van der Waals surface area contributed by atoms with Crippen molar-refractivity contribution in [2.75, 3.05) is 7.11 Å². The van der Waals surface area contributed by atoms with Gasteiger partial charge in [0.15, 0.2) is 0 Å². The van der Waals surface area contributed by atoms with Crippen molar-refractivity contribution in [1.29, 1.82) is 5.26 Å². The van der Waals surface area contributed by atoms with Crippen LogP contribution in [0.15, 0.2) is 47.4 Å². The Hall–Kier alpha value is -2.38. The first kappa shape index (κ1) is 13.1. The Balaban J connectivity index is 2.40. The summed E-state index contributed by atoms with van der Waals surface area (Å²) >= 11 is 1.32. The molecule has 0 fully saturated rings. The van der Waals surface area contributed by atoms with Crippen LogP contribution in [0.2, 0.25) is 0 Å². The van der Waals surface area contributed by atoms with Crippen molar-refractivity contribution in [1.82, 2.24) is 0 Å². The van der Waals surface area contributed by atoms with E-state index in [0.717, 1.165) is 0 Å². The summed E-state index contributed by atoms with van der Waals surface area (Å²) in [6.07, 6.45) is 1.56. The van der Waals surface area contributed by atoms with Crippen LogP contribution in [0.4, 0.5) is 0 Å². The van der Waals surface area contributed by atoms with Crippen molar-refractivity contribution in [3.63, 3.8) is 0 Å². The number of ketones is 1. The second-order valence-electron chi connectivity index (χ2n) is 3.72. The van der Waals surface area contributed by atoms with Gasteiger partial charge in [0.2, 0.25) is 5.78 Å². The third kappa shape index (κ3) is 2.90. The van der Waals surface area contributed by atoms with E-state index in [0.29, 0.717) is 16.2 Å². The summed E-state index contributed by atoms with van der Waals surface area (Å²) in [4.78, 5) is 12.7. The number of benzene rings is 1. The number of hydrogen-bond donors (Lipinski definition) is 0. The molecule has 0 aliphatic rings. The highest BCUT2D eigenvalue weighted by molar-refractivity contribution is 7.12. The average molecular weight is 269 g/mol. The fourth-order valence-electron chi connectivity index (χ4n) is 1.63. The van der Waals surface area contributed by atoms with E-state index in [4.69, 9.17) is 10.00 Å². The fraction of sp³-hybridized carbons (Fsp3) is 0.0667. The van der Waals surface area contributed by atoms with Crippen LogP contribution in [0.3, 0.4) is 0 Å². The lowest BCUT2D eigenvalue weighted by Crippen LogP contribution is -1.99. The highest BCUT2D eigenvalue weighted by Gasteiger charge is 2.13. The Bertz CT molecular complexity index is 651. The van der Waals surface area contributed by atoms with Gasteiger partial charge >= 0.3 is 0 Å².